The van der Waals surface area contributed by atoms with Crippen molar-refractivity contribution in [3.8, 4) is 0 Å². The zero-order chi connectivity index (χ0) is 13.2. The normalized spacial score (nSPS) is 18.6. The Kier molecular flexibility index (Phi) is 8.01. The van der Waals surface area contributed by atoms with Crippen molar-refractivity contribution >= 4 is 5.91 Å². The van der Waals surface area contributed by atoms with Crippen molar-refractivity contribution < 1.29 is 9.53 Å². The molecule has 1 rings (SSSR count). The van der Waals surface area contributed by atoms with E-state index in [2.05, 4.69) is 10.6 Å². The summed E-state index contributed by atoms with van der Waals surface area (Å²) in [6, 6.07) is 0.299. The second-order valence-corrected chi connectivity index (χ2v) is 5.07. The summed E-state index contributed by atoms with van der Waals surface area (Å²) in [5, 5.41) is 6.38. The van der Waals surface area contributed by atoms with Gasteiger partial charge in [0.1, 0.15) is 0 Å². The van der Waals surface area contributed by atoms with Crippen LogP contribution in [0.3, 0.4) is 0 Å². The van der Waals surface area contributed by atoms with Crippen LogP contribution in [0.15, 0.2) is 0 Å². The highest BCUT2D eigenvalue weighted by atomic mass is 16.5. The Morgan fingerprint density at radius 2 is 2.06 bits per heavy atom. The molecule has 18 heavy (non-hydrogen) atoms. The Labute approximate surface area is 111 Å². The quantitative estimate of drug-likeness (QED) is 0.652. The SMILES string of the molecule is CCOCCCNC(C)C(=O)NC1CCCCC1. The van der Waals surface area contributed by atoms with E-state index in [9.17, 15) is 4.79 Å². The molecule has 0 aromatic heterocycles. The third-order valence-corrected chi connectivity index (χ3v) is 3.46. The molecule has 0 spiro atoms. The van der Waals surface area contributed by atoms with Crippen LogP contribution in [0.5, 0.6) is 0 Å². The summed E-state index contributed by atoms with van der Waals surface area (Å²) >= 11 is 0. The molecule has 1 saturated carbocycles. The van der Waals surface area contributed by atoms with Crippen LogP contribution >= 0.6 is 0 Å². The lowest BCUT2D eigenvalue weighted by Crippen LogP contribution is -2.47. The lowest BCUT2D eigenvalue weighted by atomic mass is 9.95. The zero-order valence-electron chi connectivity index (χ0n) is 11.8. The Hall–Kier alpha value is -0.610. The van der Waals surface area contributed by atoms with E-state index in [4.69, 9.17) is 4.74 Å². The highest BCUT2D eigenvalue weighted by molar-refractivity contribution is 5.81. The van der Waals surface area contributed by atoms with Gasteiger partial charge in [0.25, 0.3) is 0 Å². The third-order valence-electron chi connectivity index (χ3n) is 3.46. The van der Waals surface area contributed by atoms with Gasteiger partial charge in [0.15, 0.2) is 0 Å². The summed E-state index contributed by atoms with van der Waals surface area (Å²) in [5.41, 5.74) is 0. The number of amides is 1. The number of hydrogen-bond donors (Lipinski definition) is 2. The summed E-state index contributed by atoms with van der Waals surface area (Å²) < 4.78 is 5.26. The maximum Gasteiger partial charge on any atom is 0.237 e. The minimum atomic E-state index is -0.103. The van der Waals surface area contributed by atoms with Crippen molar-refractivity contribution in [3.05, 3.63) is 0 Å². The molecule has 1 unspecified atom stereocenters. The fourth-order valence-electron chi connectivity index (χ4n) is 2.30. The van der Waals surface area contributed by atoms with E-state index in [-0.39, 0.29) is 11.9 Å². The number of ether oxygens (including phenoxy) is 1. The van der Waals surface area contributed by atoms with E-state index in [0.29, 0.717) is 6.04 Å². The van der Waals surface area contributed by atoms with E-state index in [1.54, 1.807) is 0 Å². The highest BCUT2D eigenvalue weighted by Crippen LogP contribution is 2.17. The second kappa shape index (κ2) is 9.34. The topological polar surface area (TPSA) is 50.4 Å². The summed E-state index contributed by atoms with van der Waals surface area (Å²) in [6.07, 6.45) is 7.06. The van der Waals surface area contributed by atoms with Crippen molar-refractivity contribution in [2.24, 2.45) is 0 Å². The van der Waals surface area contributed by atoms with Gasteiger partial charge in [-0.05, 0) is 39.7 Å². The van der Waals surface area contributed by atoms with Gasteiger partial charge in [-0.25, -0.2) is 0 Å². The average Bonchev–Trinajstić information content (AvgIpc) is 2.39. The van der Waals surface area contributed by atoms with Crippen LogP contribution in [0.2, 0.25) is 0 Å². The van der Waals surface area contributed by atoms with Crippen LogP contribution in [0.25, 0.3) is 0 Å². The number of carbonyl (C=O) groups excluding carboxylic acids is 1. The number of nitrogens with one attached hydrogen (secondary N) is 2. The van der Waals surface area contributed by atoms with Crippen molar-refractivity contribution in [1.82, 2.24) is 10.6 Å². The highest BCUT2D eigenvalue weighted by Gasteiger charge is 2.18. The fraction of sp³-hybridized carbons (Fsp3) is 0.929. The molecule has 0 aliphatic heterocycles. The van der Waals surface area contributed by atoms with E-state index in [1.807, 2.05) is 13.8 Å². The minimum Gasteiger partial charge on any atom is -0.382 e. The Balaban J connectivity index is 2.08. The maximum atomic E-state index is 11.9. The minimum absolute atomic E-state index is 0.103. The average molecular weight is 256 g/mol. The molecule has 106 valence electrons. The predicted molar refractivity (Wildman–Crippen MR) is 73.6 cm³/mol. The summed E-state index contributed by atoms with van der Waals surface area (Å²) in [6.45, 7) is 6.28. The van der Waals surface area contributed by atoms with Gasteiger partial charge in [-0.1, -0.05) is 19.3 Å². The van der Waals surface area contributed by atoms with Gasteiger partial charge in [-0.3, -0.25) is 4.79 Å². The number of rotatable bonds is 8. The molecule has 4 nitrogen and oxygen atoms in total. The molecule has 0 bridgehead atoms. The standard InChI is InChI=1S/C14H28N2O2/c1-3-18-11-7-10-15-12(2)14(17)16-13-8-5-4-6-9-13/h12-13,15H,3-11H2,1-2H3,(H,16,17). The van der Waals surface area contributed by atoms with E-state index >= 15 is 0 Å². The lowest BCUT2D eigenvalue weighted by molar-refractivity contribution is -0.123. The molecule has 1 fully saturated rings. The first kappa shape index (κ1) is 15.4. The molecular formula is C14H28N2O2. The number of hydrogen-bond acceptors (Lipinski definition) is 3. The van der Waals surface area contributed by atoms with Gasteiger partial charge >= 0.3 is 0 Å². The molecule has 1 atom stereocenters. The Bertz CT molecular complexity index is 228. The first-order chi connectivity index (χ1) is 8.74. The van der Waals surface area contributed by atoms with Crippen LogP contribution in [0.1, 0.15) is 52.4 Å². The molecule has 0 aromatic rings. The van der Waals surface area contributed by atoms with E-state index in [0.717, 1.165) is 39.0 Å². The van der Waals surface area contributed by atoms with Crippen molar-refractivity contribution in [2.45, 2.75) is 64.5 Å². The fourth-order valence-corrected chi connectivity index (χ4v) is 2.30. The predicted octanol–water partition coefficient (Wildman–Crippen LogP) is 1.84. The van der Waals surface area contributed by atoms with Crippen LogP contribution in [0.4, 0.5) is 0 Å². The van der Waals surface area contributed by atoms with Crippen molar-refractivity contribution in [3.63, 3.8) is 0 Å². The molecule has 2 N–H and O–H groups in total. The first-order valence-electron chi connectivity index (χ1n) is 7.35. The van der Waals surface area contributed by atoms with Crippen LogP contribution in [-0.4, -0.2) is 37.7 Å². The van der Waals surface area contributed by atoms with Crippen LogP contribution < -0.4 is 10.6 Å². The second-order valence-electron chi connectivity index (χ2n) is 5.07. The van der Waals surface area contributed by atoms with Gasteiger partial charge in [0.2, 0.25) is 5.91 Å². The molecule has 0 saturated heterocycles. The first-order valence-corrected chi connectivity index (χ1v) is 7.35. The van der Waals surface area contributed by atoms with Crippen molar-refractivity contribution in [2.75, 3.05) is 19.8 Å². The Morgan fingerprint density at radius 3 is 2.72 bits per heavy atom. The van der Waals surface area contributed by atoms with Gasteiger partial charge in [0.05, 0.1) is 6.04 Å². The molecule has 0 radical (unpaired) electrons. The van der Waals surface area contributed by atoms with Gasteiger partial charge in [-0.2, -0.15) is 0 Å². The van der Waals surface area contributed by atoms with Gasteiger partial charge < -0.3 is 15.4 Å². The molecular weight excluding hydrogens is 228 g/mol. The number of carbonyl (C=O) groups is 1. The summed E-state index contributed by atoms with van der Waals surface area (Å²) in [4.78, 5) is 11.9. The van der Waals surface area contributed by atoms with Crippen LogP contribution in [-0.2, 0) is 9.53 Å². The smallest absolute Gasteiger partial charge is 0.237 e. The molecule has 1 aliphatic carbocycles. The van der Waals surface area contributed by atoms with E-state index < -0.39 is 0 Å². The molecule has 1 amide bonds. The monoisotopic (exact) mass is 256 g/mol. The van der Waals surface area contributed by atoms with Crippen LogP contribution in [0, 0.1) is 0 Å². The van der Waals surface area contributed by atoms with Crippen molar-refractivity contribution in [1.29, 1.82) is 0 Å². The molecule has 4 heteroatoms. The molecule has 1 aliphatic rings. The molecule has 0 heterocycles. The van der Waals surface area contributed by atoms with Gasteiger partial charge in [-0.15, -0.1) is 0 Å². The van der Waals surface area contributed by atoms with E-state index in [1.165, 1.54) is 19.3 Å². The maximum absolute atomic E-state index is 11.9. The lowest BCUT2D eigenvalue weighted by Gasteiger charge is -2.24. The largest absolute Gasteiger partial charge is 0.382 e. The Morgan fingerprint density at radius 1 is 1.33 bits per heavy atom. The van der Waals surface area contributed by atoms with Gasteiger partial charge in [0, 0.05) is 19.3 Å². The molecule has 0 aromatic carbocycles. The third kappa shape index (κ3) is 6.36. The summed E-state index contributed by atoms with van der Waals surface area (Å²) in [7, 11) is 0. The summed E-state index contributed by atoms with van der Waals surface area (Å²) in [5.74, 6) is 0.137. The zero-order valence-corrected chi connectivity index (χ0v) is 11.8.